The molecule has 3 aromatic rings. The van der Waals surface area contributed by atoms with Crippen molar-refractivity contribution in [1.82, 2.24) is 34.4 Å². The molecule has 1 saturated heterocycles. The number of piperidine rings is 1. The van der Waals surface area contributed by atoms with Gasteiger partial charge in [0.2, 0.25) is 5.95 Å². The van der Waals surface area contributed by atoms with Gasteiger partial charge in [0, 0.05) is 44.8 Å². The Labute approximate surface area is 202 Å². The Balaban J connectivity index is 1.63. The average molecular weight is 510 g/mol. The predicted octanol–water partition coefficient (Wildman–Crippen LogP) is 3.59. The Kier molecular flexibility index (Phi) is 6.62. The minimum Gasteiger partial charge on any atom is -0.352 e. The molecule has 0 aliphatic carbocycles. The first-order chi connectivity index (χ1) is 16.9. The summed E-state index contributed by atoms with van der Waals surface area (Å²) in [6.45, 7) is 2.34. The molecule has 0 radical (unpaired) electrons. The second kappa shape index (κ2) is 9.39. The molecule has 192 valence electrons. The SMILES string of the molecule is Cc1nc(C(=O)N2CC(F)(F)C[C@@H](C)C2CNc2ncc(C(F)(F)F)cn2)c(-c2ncccn2)n1C. The summed E-state index contributed by atoms with van der Waals surface area (Å²) in [4.78, 5) is 34.7. The van der Waals surface area contributed by atoms with Gasteiger partial charge >= 0.3 is 6.18 Å². The largest absolute Gasteiger partial charge is 0.419 e. The second-order valence-corrected chi connectivity index (χ2v) is 8.70. The van der Waals surface area contributed by atoms with E-state index < -0.39 is 48.5 Å². The molecular formula is C22H23F5N8O. The summed E-state index contributed by atoms with van der Waals surface area (Å²) in [5.74, 6) is -3.96. The third-order valence-electron chi connectivity index (χ3n) is 6.09. The van der Waals surface area contributed by atoms with Gasteiger partial charge < -0.3 is 14.8 Å². The highest BCUT2D eigenvalue weighted by Gasteiger charge is 2.47. The topological polar surface area (TPSA) is 102 Å². The van der Waals surface area contributed by atoms with Crippen LogP contribution < -0.4 is 5.32 Å². The molecule has 1 N–H and O–H groups in total. The maximum Gasteiger partial charge on any atom is 0.419 e. The summed E-state index contributed by atoms with van der Waals surface area (Å²) in [7, 11) is 1.67. The molecule has 9 nitrogen and oxygen atoms in total. The number of aryl methyl sites for hydroxylation is 1. The van der Waals surface area contributed by atoms with Crippen LogP contribution in [0.2, 0.25) is 0 Å². The first kappa shape index (κ1) is 25.4. The molecule has 36 heavy (non-hydrogen) atoms. The highest BCUT2D eigenvalue weighted by atomic mass is 19.4. The maximum atomic E-state index is 14.6. The van der Waals surface area contributed by atoms with E-state index in [0.29, 0.717) is 18.2 Å². The van der Waals surface area contributed by atoms with Gasteiger partial charge in [0.05, 0.1) is 18.2 Å². The van der Waals surface area contributed by atoms with Crippen LogP contribution in [0.15, 0.2) is 30.9 Å². The number of carbonyl (C=O) groups excluding carboxylic acids is 1. The van der Waals surface area contributed by atoms with Crippen molar-refractivity contribution >= 4 is 11.9 Å². The lowest BCUT2D eigenvalue weighted by Gasteiger charge is -2.43. The standard InChI is InChI=1S/C22H23F5N8O/c1-12-7-21(23,24)11-35(15(12)10-32-20-30-8-14(9-31-20)22(25,26)27)19(36)16-17(34(3)13(2)33-16)18-28-5-4-6-29-18/h4-6,8-9,12,15H,7,10-11H2,1-3H3,(H,30,31,32)/t12-,15?/m1/s1. The summed E-state index contributed by atoms with van der Waals surface area (Å²) in [5, 5.41) is 2.77. The number of hydrogen-bond acceptors (Lipinski definition) is 7. The smallest absolute Gasteiger partial charge is 0.352 e. The van der Waals surface area contributed by atoms with Gasteiger partial charge in [-0.3, -0.25) is 4.79 Å². The number of imidazole rings is 1. The van der Waals surface area contributed by atoms with Crippen molar-refractivity contribution in [3.05, 3.63) is 47.9 Å². The third kappa shape index (κ3) is 5.11. The van der Waals surface area contributed by atoms with Crippen LogP contribution in [0, 0.1) is 12.8 Å². The van der Waals surface area contributed by atoms with Gasteiger partial charge in [0.1, 0.15) is 11.5 Å². The zero-order chi connectivity index (χ0) is 26.3. The normalized spacial score (nSPS) is 19.8. The van der Waals surface area contributed by atoms with Crippen LogP contribution in [-0.4, -0.2) is 65.3 Å². The van der Waals surface area contributed by atoms with Crippen LogP contribution >= 0.6 is 0 Å². The Morgan fingerprint density at radius 1 is 1.17 bits per heavy atom. The molecule has 4 rings (SSSR count). The van der Waals surface area contributed by atoms with Gasteiger partial charge in [-0.25, -0.2) is 33.7 Å². The zero-order valence-corrected chi connectivity index (χ0v) is 19.6. The van der Waals surface area contributed by atoms with Gasteiger partial charge in [0.25, 0.3) is 11.8 Å². The van der Waals surface area contributed by atoms with E-state index >= 15 is 0 Å². The fourth-order valence-corrected chi connectivity index (χ4v) is 4.21. The number of nitrogens with one attached hydrogen (secondary N) is 1. The molecule has 3 aromatic heterocycles. The second-order valence-electron chi connectivity index (χ2n) is 8.70. The van der Waals surface area contributed by atoms with E-state index in [-0.39, 0.29) is 29.7 Å². The molecule has 0 bridgehead atoms. The van der Waals surface area contributed by atoms with Crippen LogP contribution in [0.4, 0.5) is 27.9 Å². The molecular weight excluding hydrogens is 487 g/mol. The highest BCUT2D eigenvalue weighted by Crippen LogP contribution is 2.36. The van der Waals surface area contributed by atoms with E-state index in [1.54, 1.807) is 31.5 Å². The number of hydrogen-bond donors (Lipinski definition) is 1. The Morgan fingerprint density at radius 3 is 2.42 bits per heavy atom. The monoisotopic (exact) mass is 510 g/mol. The molecule has 1 fully saturated rings. The number of anilines is 1. The Morgan fingerprint density at radius 2 is 1.81 bits per heavy atom. The van der Waals surface area contributed by atoms with Crippen molar-refractivity contribution in [3.8, 4) is 11.5 Å². The minimum atomic E-state index is -4.59. The van der Waals surface area contributed by atoms with Crippen LogP contribution in [0.25, 0.3) is 11.5 Å². The molecule has 1 amide bonds. The number of likely N-dealkylation sites (tertiary alicyclic amines) is 1. The van der Waals surface area contributed by atoms with E-state index in [9.17, 15) is 26.7 Å². The fraction of sp³-hybridized carbons (Fsp3) is 0.455. The van der Waals surface area contributed by atoms with Crippen molar-refractivity contribution in [2.45, 2.75) is 38.4 Å². The number of rotatable bonds is 5. The van der Waals surface area contributed by atoms with Gasteiger partial charge in [-0.15, -0.1) is 0 Å². The molecule has 2 atom stereocenters. The van der Waals surface area contributed by atoms with Crippen molar-refractivity contribution in [2.75, 3.05) is 18.4 Å². The molecule has 14 heteroatoms. The van der Waals surface area contributed by atoms with Crippen molar-refractivity contribution in [2.24, 2.45) is 13.0 Å². The molecule has 1 aliphatic heterocycles. The van der Waals surface area contributed by atoms with Crippen molar-refractivity contribution in [3.63, 3.8) is 0 Å². The number of halogens is 5. The first-order valence-electron chi connectivity index (χ1n) is 11.0. The molecule has 1 aliphatic rings. The van der Waals surface area contributed by atoms with E-state index in [2.05, 4.69) is 30.2 Å². The summed E-state index contributed by atoms with van der Waals surface area (Å²) in [6, 6.07) is 0.862. The average Bonchev–Trinajstić information content (AvgIpc) is 3.11. The molecule has 4 heterocycles. The summed E-state index contributed by atoms with van der Waals surface area (Å²) < 4.78 is 69.1. The maximum absolute atomic E-state index is 14.6. The lowest BCUT2D eigenvalue weighted by molar-refractivity contribution is -0.138. The zero-order valence-electron chi connectivity index (χ0n) is 19.6. The third-order valence-corrected chi connectivity index (χ3v) is 6.09. The fourth-order valence-electron chi connectivity index (χ4n) is 4.21. The van der Waals surface area contributed by atoms with Crippen molar-refractivity contribution < 1.29 is 26.7 Å². The van der Waals surface area contributed by atoms with Crippen LogP contribution in [0.3, 0.4) is 0 Å². The van der Waals surface area contributed by atoms with Gasteiger partial charge in [0.15, 0.2) is 11.5 Å². The number of aromatic nitrogens is 6. The van der Waals surface area contributed by atoms with Crippen molar-refractivity contribution in [1.29, 1.82) is 0 Å². The van der Waals surface area contributed by atoms with Gasteiger partial charge in [-0.1, -0.05) is 6.92 Å². The van der Waals surface area contributed by atoms with Crippen LogP contribution in [0.5, 0.6) is 0 Å². The molecule has 0 aromatic carbocycles. The van der Waals surface area contributed by atoms with E-state index in [1.807, 2.05) is 0 Å². The molecule has 0 spiro atoms. The molecule has 0 saturated carbocycles. The first-order valence-corrected chi connectivity index (χ1v) is 11.0. The Hall–Kier alpha value is -3.71. The lowest BCUT2D eigenvalue weighted by Crippen LogP contribution is -2.57. The Bertz CT molecular complexity index is 1230. The highest BCUT2D eigenvalue weighted by molar-refractivity contribution is 5.98. The number of carbonyl (C=O) groups is 1. The summed E-state index contributed by atoms with van der Waals surface area (Å²) in [6.07, 6.45) is -0.822. The van der Waals surface area contributed by atoms with Gasteiger partial charge in [-0.2, -0.15) is 13.2 Å². The predicted molar refractivity (Wildman–Crippen MR) is 118 cm³/mol. The lowest BCUT2D eigenvalue weighted by atomic mass is 9.88. The summed E-state index contributed by atoms with van der Waals surface area (Å²) in [5.41, 5.74) is -0.795. The van der Waals surface area contributed by atoms with E-state index in [4.69, 9.17) is 0 Å². The number of nitrogens with zero attached hydrogens (tertiary/aromatic N) is 7. The number of alkyl halides is 5. The van der Waals surface area contributed by atoms with E-state index in [1.165, 1.54) is 12.4 Å². The van der Waals surface area contributed by atoms with Gasteiger partial charge in [-0.05, 0) is 18.9 Å². The molecule has 1 unspecified atom stereocenters. The van der Waals surface area contributed by atoms with Crippen LogP contribution in [-0.2, 0) is 13.2 Å². The summed E-state index contributed by atoms with van der Waals surface area (Å²) >= 11 is 0. The van der Waals surface area contributed by atoms with Crippen LogP contribution in [0.1, 0.15) is 35.2 Å². The quantitative estimate of drug-likeness (QED) is 0.524. The minimum absolute atomic E-state index is 0.0582. The van der Waals surface area contributed by atoms with E-state index in [0.717, 1.165) is 4.90 Å². The number of amides is 1.